The summed E-state index contributed by atoms with van der Waals surface area (Å²) in [6, 6.07) is 20.1. The zero-order chi connectivity index (χ0) is 13.8. The second-order valence-corrected chi connectivity index (χ2v) is 5.03. The quantitative estimate of drug-likeness (QED) is 0.841. The molecule has 1 unspecified atom stereocenters. The number of Topliss-reactive ketones (excluding diaryl/α,β-unsaturated/α-hetero) is 1. The molecule has 2 aromatic carbocycles. The average Bonchev–Trinajstić information content (AvgIpc) is 2.49. The summed E-state index contributed by atoms with van der Waals surface area (Å²) in [4.78, 5) is 14.4. The lowest BCUT2D eigenvalue weighted by molar-refractivity contribution is -0.123. The molecule has 1 aliphatic heterocycles. The lowest BCUT2D eigenvalue weighted by Gasteiger charge is -2.32. The molecule has 0 saturated heterocycles. The molecule has 2 heteroatoms. The second-order valence-electron chi connectivity index (χ2n) is 5.03. The third-order valence-corrected chi connectivity index (χ3v) is 3.58. The molecule has 0 radical (unpaired) electrons. The molecule has 1 heterocycles. The van der Waals surface area contributed by atoms with E-state index in [-0.39, 0.29) is 11.8 Å². The van der Waals surface area contributed by atoms with E-state index in [0.29, 0.717) is 6.42 Å². The highest BCUT2D eigenvalue weighted by Gasteiger charge is 2.27. The summed E-state index contributed by atoms with van der Waals surface area (Å²) in [6.45, 7) is 0.753. The van der Waals surface area contributed by atoms with Gasteiger partial charge < -0.3 is 4.90 Å². The van der Waals surface area contributed by atoms with Crippen LogP contribution in [0.25, 0.3) is 0 Å². The van der Waals surface area contributed by atoms with Crippen molar-refractivity contribution >= 4 is 5.78 Å². The number of ketones is 1. The van der Waals surface area contributed by atoms with Crippen LogP contribution in [0.1, 0.15) is 23.6 Å². The summed E-state index contributed by atoms with van der Waals surface area (Å²) >= 11 is 0. The van der Waals surface area contributed by atoms with Crippen LogP contribution in [0.4, 0.5) is 0 Å². The summed E-state index contributed by atoms with van der Waals surface area (Å²) < 4.78 is 0. The number of hydrogen-bond donors (Lipinski definition) is 0. The Morgan fingerprint density at radius 3 is 2.30 bits per heavy atom. The molecule has 0 amide bonds. The zero-order valence-corrected chi connectivity index (χ0v) is 11.3. The minimum Gasteiger partial charge on any atom is -0.360 e. The van der Waals surface area contributed by atoms with Gasteiger partial charge in [0.25, 0.3) is 0 Å². The van der Waals surface area contributed by atoms with Crippen molar-refractivity contribution < 1.29 is 4.79 Å². The number of nitrogens with zero attached hydrogens (tertiary/aromatic N) is 1. The van der Waals surface area contributed by atoms with E-state index in [9.17, 15) is 4.79 Å². The number of hydrogen-bond acceptors (Lipinski definition) is 2. The maximum absolute atomic E-state index is 12.3. The van der Waals surface area contributed by atoms with Gasteiger partial charge in [0, 0.05) is 13.0 Å². The van der Waals surface area contributed by atoms with Gasteiger partial charge in [-0.25, -0.2) is 0 Å². The van der Waals surface area contributed by atoms with Crippen LogP contribution in [0.3, 0.4) is 0 Å². The van der Waals surface area contributed by atoms with Crippen LogP contribution in [0.5, 0.6) is 0 Å². The van der Waals surface area contributed by atoms with Crippen molar-refractivity contribution in [1.82, 2.24) is 4.90 Å². The van der Waals surface area contributed by atoms with Crippen LogP contribution in [-0.4, -0.2) is 10.7 Å². The van der Waals surface area contributed by atoms with Gasteiger partial charge >= 0.3 is 0 Å². The third kappa shape index (κ3) is 2.64. The van der Waals surface area contributed by atoms with E-state index in [4.69, 9.17) is 0 Å². The van der Waals surface area contributed by atoms with Gasteiger partial charge in [-0.2, -0.15) is 0 Å². The van der Waals surface area contributed by atoms with Crippen LogP contribution in [-0.2, 0) is 11.3 Å². The Labute approximate surface area is 119 Å². The van der Waals surface area contributed by atoms with Gasteiger partial charge in [-0.1, -0.05) is 66.7 Å². The second kappa shape index (κ2) is 5.74. The van der Waals surface area contributed by atoms with Crippen molar-refractivity contribution in [3.8, 4) is 0 Å². The Hall–Kier alpha value is -2.35. The van der Waals surface area contributed by atoms with Gasteiger partial charge in [0.1, 0.15) is 6.04 Å². The van der Waals surface area contributed by atoms with E-state index in [0.717, 1.165) is 12.1 Å². The van der Waals surface area contributed by atoms with Crippen LogP contribution in [0.15, 0.2) is 72.9 Å². The molecular formula is C18H17NO. The highest BCUT2D eigenvalue weighted by molar-refractivity contribution is 5.87. The monoisotopic (exact) mass is 263 g/mol. The first-order valence-corrected chi connectivity index (χ1v) is 6.88. The summed E-state index contributed by atoms with van der Waals surface area (Å²) in [7, 11) is 0. The predicted octanol–water partition coefficient (Wildman–Crippen LogP) is 3.72. The Balaban J connectivity index is 1.89. The van der Waals surface area contributed by atoms with Gasteiger partial charge in [0.15, 0.2) is 5.78 Å². The van der Waals surface area contributed by atoms with Crippen molar-refractivity contribution in [2.24, 2.45) is 0 Å². The maximum atomic E-state index is 12.3. The van der Waals surface area contributed by atoms with E-state index in [1.807, 2.05) is 60.8 Å². The van der Waals surface area contributed by atoms with Crippen molar-refractivity contribution in [2.45, 2.75) is 19.0 Å². The zero-order valence-electron chi connectivity index (χ0n) is 11.3. The van der Waals surface area contributed by atoms with Gasteiger partial charge in [-0.3, -0.25) is 4.79 Å². The van der Waals surface area contributed by atoms with Crippen molar-refractivity contribution in [2.75, 3.05) is 0 Å². The lowest BCUT2D eigenvalue weighted by Crippen LogP contribution is -2.32. The summed E-state index contributed by atoms with van der Waals surface area (Å²) in [5.74, 6) is 0.259. The minimum absolute atomic E-state index is 0.165. The molecule has 1 aliphatic rings. The third-order valence-electron chi connectivity index (χ3n) is 3.58. The number of benzene rings is 2. The maximum Gasteiger partial charge on any atom is 0.163 e. The van der Waals surface area contributed by atoms with E-state index in [1.54, 1.807) is 0 Å². The van der Waals surface area contributed by atoms with Crippen LogP contribution < -0.4 is 0 Å². The normalized spacial score (nSPS) is 18.3. The molecule has 0 N–H and O–H groups in total. The fraction of sp³-hybridized carbons (Fsp3) is 0.167. The smallest absolute Gasteiger partial charge is 0.163 e. The van der Waals surface area contributed by atoms with E-state index >= 15 is 0 Å². The van der Waals surface area contributed by atoms with Crippen LogP contribution in [0, 0.1) is 0 Å². The van der Waals surface area contributed by atoms with Crippen molar-refractivity contribution in [3.05, 3.63) is 84.1 Å². The molecule has 0 aromatic heterocycles. The molecule has 0 spiro atoms. The Kier molecular flexibility index (Phi) is 3.64. The number of carbonyl (C=O) groups excluding carboxylic acids is 1. The molecule has 100 valence electrons. The minimum atomic E-state index is -0.165. The molecule has 20 heavy (non-hydrogen) atoms. The fourth-order valence-corrected chi connectivity index (χ4v) is 2.64. The van der Waals surface area contributed by atoms with Gasteiger partial charge in [0.05, 0.1) is 0 Å². The number of carbonyl (C=O) groups is 1. The average molecular weight is 263 g/mol. The first-order chi connectivity index (χ1) is 9.84. The fourth-order valence-electron chi connectivity index (χ4n) is 2.64. The van der Waals surface area contributed by atoms with E-state index < -0.39 is 0 Å². The highest BCUT2D eigenvalue weighted by atomic mass is 16.1. The molecule has 2 aromatic rings. The highest BCUT2D eigenvalue weighted by Crippen LogP contribution is 2.28. The topological polar surface area (TPSA) is 20.3 Å². The molecule has 0 saturated carbocycles. The number of rotatable bonds is 3. The molecule has 0 aliphatic carbocycles. The van der Waals surface area contributed by atoms with E-state index in [2.05, 4.69) is 17.0 Å². The Bertz CT molecular complexity index is 604. The largest absolute Gasteiger partial charge is 0.360 e. The van der Waals surface area contributed by atoms with Gasteiger partial charge in [0.2, 0.25) is 0 Å². The first-order valence-electron chi connectivity index (χ1n) is 6.88. The van der Waals surface area contributed by atoms with Gasteiger partial charge in [-0.15, -0.1) is 0 Å². The van der Waals surface area contributed by atoms with Crippen LogP contribution in [0.2, 0.25) is 0 Å². The molecule has 2 nitrogen and oxygen atoms in total. The molecule has 1 atom stereocenters. The van der Waals surface area contributed by atoms with Gasteiger partial charge in [-0.05, 0) is 17.3 Å². The molecule has 0 bridgehead atoms. The van der Waals surface area contributed by atoms with Crippen LogP contribution >= 0.6 is 0 Å². The van der Waals surface area contributed by atoms with E-state index in [1.165, 1.54) is 5.56 Å². The molecule has 3 rings (SSSR count). The first kappa shape index (κ1) is 12.7. The summed E-state index contributed by atoms with van der Waals surface area (Å²) in [5, 5.41) is 0. The SMILES string of the molecule is O=C1CC=CN(Cc2ccccc2)C1c1ccccc1. The predicted molar refractivity (Wildman–Crippen MR) is 79.9 cm³/mol. The Morgan fingerprint density at radius 1 is 0.950 bits per heavy atom. The number of allylic oxidation sites excluding steroid dienone is 1. The molecule has 0 fully saturated rings. The Morgan fingerprint density at radius 2 is 1.60 bits per heavy atom. The van der Waals surface area contributed by atoms with Crippen molar-refractivity contribution in [1.29, 1.82) is 0 Å². The lowest BCUT2D eigenvalue weighted by atomic mass is 9.96. The molecular weight excluding hydrogens is 246 g/mol. The standard InChI is InChI=1S/C18H17NO/c20-17-12-7-13-19(14-15-8-3-1-4-9-15)18(17)16-10-5-2-6-11-16/h1-11,13,18H,12,14H2. The van der Waals surface area contributed by atoms with Crippen molar-refractivity contribution in [3.63, 3.8) is 0 Å². The summed E-state index contributed by atoms with van der Waals surface area (Å²) in [6.07, 6.45) is 4.52. The summed E-state index contributed by atoms with van der Waals surface area (Å²) in [5.41, 5.74) is 2.28.